The topological polar surface area (TPSA) is 41.6 Å². The minimum absolute atomic E-state index is 0.101. The number of hydrogen-bond donors (Lipinski definition) is 1. The highest BCUT2D eigenvalue weighted by molar-refractivity contribution is 5.81. The Morgan fingerprint density at radius 1 is 1.50 bits per heavy atom. The van der Waals surface area contributed by atoms with E-state index in [0.29, 0.717) is 12.5 Å². The summed E-state index contributed by atoms with van der Waals surface area (Å²) in [5.41, 5.74) is -0.480. The van der Waals surface area contributed by atoms with Crippen LogP contribution in [-0.2, 0) is 9.53 Å². The fourth-order valence-electron chi connectivity index (χ4n) is 1.86. The maximum Gasteiger partial charge on any atom is 0.326 e. The first-order valence-electron chi connectivity index (χ1n) is 6.07. The van der Waals surface area contributed by atoms with Crippen LogP contribution >= 0.6 is 0 Å². The maximum absolute atomic E-state index is 11.9. The molecule has 94 valence electrons. The van der Waals surface area contributed by atoms with Crippen LogP contribution in [0.25, 0.3) is 0 Å². The third-order valence-electron chi connectivity index (χ3n) is 3.14. The fraction of sp³-hybridized carbons (Fsp3) is 0.917. The maximum atomic E-state index is 11.9. The third kappa shape index (κ3) is 3.46. The molecule has 4 heteroatoms. The van der Waals surface area contributed by atoms with Crippen molar-refractivity contribution in [3.63, 3.8) is 0 Å². The molecule has 0 aromatic heterocycles. The summed E-state index contributed by atoms with van der Waals surface area (Å²) in [6.07, 6.45) is 2.26. The first-order chi connectivity index (χ1) is 7.50. The molecule has 0 aliphatic heterocycles. The van der Waals surface area contributed by atoms with Crippen molar-refractivity contribution in [2.45, 2.75) is 32.2 Å². The molecule has 1 N–H and O–H groups in total. The number of likely N-dealkylation sites (N-methyl/N-ethyl adjacent to an activating group) is 1. The van der Waals surface area contributed by atoms with Gasteiger partial charge in [0.15, 0.2) is 0 Å². The molecule has 1 atom stereocenters. The normalized spacial score (nSPS) is 19.6. The number of esters is 1. The van der Waals surface area contributed by atoms with E-state index in [9.17, 15) is 4.79 Å². The van der Waals surface area contributed by atoms with Crippen LogP contribution in [0.15, 0.2) is 0 Å². The molecule has 0 radical (unpaired) electrons. The molecule has 4 nitrogen and oxygen atoms in total. The largest absolute Gasteiger partial charge is 0.465 e. The van der Waals surface area contributed by atoms with Gasteiger partial charge in [-0.15, -0.1) is 0 Å². The highest BCUT2D eigenvalue weighted by atomic mass is 16.5. The van der Waals surface area contributed by atoms with Gasteiger partial charge in [0.1, 0.15) is 5.54 Å². The zero-order valence-corrected chi connectivity index (χ0v) is 10.9. The van der Waals surface area contributed by atoms with Crippen molar-refractivity contribution < 1.29 is 9.53 Å². The predicted octanol–water partition coefficient (Wildman–Crippen LogP) is 0.869. The molecule has 0 saturated heterocycles. The molecule has 0 aromatic carbocycles. The van der Waals surface area contributed by atoms with Crippen LogP contribution < -0.4 is 5.32 Å². The lowest BCUT2D eigenvalue weighted by molar-refractivity contribution is -0.151. The lowest BCUT2D eigenvalue weighted by Crippen LogP contribution is -2.53. The van der Waals surface area contributed by atoms with E-state index in [1.165, 1.54) is 0 Å². The van der Waals surface area contributed by atoms with Crippen molar-refractivity contribution in [3.05, 3.63) is 0 Å². The Bertz CT molecular complexity index is 239. The number of hydrogen-bond acceptors (Lipinski definition) is 4. The number of ether oxygens (including phenoxy) is 1. The van der Waals surface area contributed by atoms with E-state index in [0.717, 1.165) is 25.9 Å². The second kappa shape index (κ2) is 5.64. The summed E-state index contributed by atoms with van der Waals surface area (Å²) in [4.78, 5) is 14.0. The minimum atomic E-state index is -0.480. The molecule has 1 fully saturated rings. The van der Waals surface area contributed by atoms with Gasteiger partial charge in [-0.25, -0.2) is 0 Å². The van der Waals surface area contributed by atoms with Crippen LogP contribution in [0, 0.1) is 5.92 Å². The van der Waals surface area contributed by atoms with Crippen LogP contribution in [0.4, 0.5) is 0 Å². The van der Waals surface area contributed by atoms with Crippen molar-refractivity contribution in [1.29, 1.82) is 0 Å². The highest BCUT2D eigenvalue weighted by Gasteiger charge is 2.47. The van der Waals surface area contributed by atoms with Crippen LogP contribution in [0.3, 0.4) is 0 Å². The van der Waals surface area contributed by atoms with Crippen LogP contribution in [0.2, 0.25) is 0 Å². The van der Waals surface area contributed by atoms with Crippen molar-refractivity contribution in [1.82, 2.24) is 10.2 Å². The van der Waals surface area contributed by atoms with Gasteiger partial charge in [0, 0.05) is 13.1 Å². The van der Waals surface area contributed by atoms with Crippen LogP contribution in [0.5, 0.6) is 0 Å². The lowest BCUT2D eigenvalue weighted by Gasteiger charge is -2.29. The van der Waals surface area contributed by atoms with Gasteiger partial charge in [0.05, 0.1) is 6.61 Å². The van der Waals surface area contributed by atoms with Gasteiger partial charge in [0.2, 0.25) is 0 Å². The number of nitrogens with zero attached hydrogens (tertiary/aromatic N) is 1. The van der Waals surface area contributed by atoms with Crippen molar-refractivity contribution in [2.75, 3.05) is 33.8 Å². The zero-order chi connectivity index (χ0) is 12.2. The van der Waals surface area contributed by atoms with Gasteiger partial charge >= 0.3 is 5.97 Å². The first kappa shape index (κ1) is 13.5. The van der Waals surface area contributed by atoms with Gasteiger partial charge in [-0.05, 0) is 46.7 Å². The summed E-state index contributed by atoms with van der Waals surface area (Å²) in [5, 5.41) is 3.36. The Hall–Kier alpha value is -0.610. The molecular formula is C12H24N2O2. The molecule has 0 aromatic rings. The molecule has 1 unspecified atom stereocenters. The van der Waals surface area contributed by atoms with Gasteiger partial charge in [0.25, 0.3) is 0 Å². The summed E-state index contributed by atoms with van der Waals surface area (Å²) in [6.45, 7) is 6.03. The number of carbonyl (C=O) groups is 1. The second-order valence-electron chi connectivity index (χ2n) is 4.93. The fourth-order valence-corrected chi connectivity index (χ4v) is 1.86. The zero-order valence-electron chi connectivity index (χ0n) is 10.9. The molecule has 0 bridgehead atoms. The molecule has 0 amide bonds. The SMILES string of the molecule is CCOC(=O)C(C)(NCCN(C)C)C1CC1. The van der Waals surface area contributed by atoms with E-state index in [1.807, 2.05) is 27.9 Å². The Labute approximate surface area is 98.3 Å². The Kier molecular flexibility index (Phi) is 4.74. The molecule has 1 saturated carbocycles. The summed E-state index contributed by atoms with van der Waals surface area (Å²) in [7, 11) is 4.06. The predicted molar refractivity (Wildman–Crippen MR) is 64.3 cm³/mol. The van der Waals surface area contributed by atoms with Crippen LogP contribution in [0.1, 0.15) is 26.7 Å². The second-order valence-corrected chi connectivity index (χ2v) is 4.93. The first-order valence-corrected chi connectivity index (χ1v) is 6.07. The van der Waals surface area contributed by atoms with Gasteiger partial charge in [-0.2, -0.15) is 0 Å². The lowest BCUT2D eigenvalue weighted by atomic mass is 9.96. The van der Waals surface area contributed by atoms with E-state index in [-0.39, 0.29) is 5.97 Å². The Balaban J connectivity index is 2.48. The average Bonchev–Trinajstić information content (AvgIpc) is 3.00. The van der Waals surface area contributed by atoms with E-state index < -0.39 is 5.54 Å². The Morgan fingerprint density at radius 2 is 2.12 bits per heavy atom. The third-order valence-corrected chi connectivity index (χ3v) is 3.14. The minimum Gasteiger partial charge on any atom is -0.465 e. The summed E-state index contributed by atoms with van der Waals surface area (Å²) in [6, 6.07) is 0. The average molecular weight is 228 g/mol. The highest BCUT2D eigenvalue weighted by Crippen LogP contribution is 2.40. The van der Waals surface area contributed by atoms with E-state index in [4.69, 9.17) is 4.74 Å². The van der Waals surface area contributed by atoms with Gasteiger partial charge in [-0.3, -0.25) is 4.79 Å². The molecule has 16 heavy (non-hydrogen) atoms. The molecule has 1 aliphatic carbocycles. The van der Waals surface area contributed by atoms with E-state index in [1.54, 1.807) is 0 Å². The van der Waals surface area contributed by atoms with Crippen molar-refractivity contribution in [3.8, 4) is 0 Å². The summed E-state index contributed by atoms with van der Waals surface area (Å²) >= 11 is 0. The van der Waals surface area contributed by atoms with Crippen molar-refractivity contribution >= 4 is 5.97 Å². The molecular weight excluding hydrogens is 204 g/mol. The number of carbonyl (C=O) groups excluding carboxylic acids is 1. The summed E-state index contributed by atoms with van der Waals surface area (Å²) < 4.78 is 5.15. The number of nitrogens with one attached hydrogen (secondary N) is 1. The standard InChI is InChI=1S/C12H24N2O2/c1-5-16-11(15)12(2,10-6-7-10)13-8-9-14(3)4/h10,13H,5-9H2,1-4H3. The monoisotopic (exact) mass is 228 g/mol. The molecule has 0 spiro atoms. The Morgan fingerprint density at radius 3 is 2.56 bits per heavy atom. The smallest absolute Gasteiger partial charge is 0.326 e. The van der Waals surface area contributed by atoms with Crippen molar-refractivity contribution in [2.24, 2.45) is 5.92 Å². The molecule has 1 aliphatic rings. The molecule has 0 heterocycles. The molecule has 1 rings (SSSR count). The quantitative estimate of drug-likeness (QED) is 0.657. The van der Waals surface area contributed by atoms with Crippen LogP contribution in [-0.4, -0.2) is 50.2 Å². The van der Waals surface area contributed by atoms with Gasteiger partial charge in [-0.1, -0.05) is 0 Å². The van der Waals surface area contributed by atoms with E-state index >= 15 is 0 Å². The summed E-state index contributed by atoms with van der Waals surface area (Å²) in [5.74, 6) is 0.352. The number of rotatable bonds is 7. The van der Waals surface area contributed by atoms with E-state index in [2.05, 4.69) is 10.2 Å². The van der Waals surface area contributed by atoms with Gasteiger partial charge < -0.3 is 15.0 Å².